The molecule has 4 aromatic rings. The number of sulfone groups is 1. The summed E-state index contributed by atoms with van der Waals surface area (Å²) in [6.07, 6.45) is 0.475. The van der Waals surface area contributed by atoms with E-state index in [0.717, 1.165) is 11.1 Å². The van der Waals surface area contributed by atoms with Crippen molar-refractivity contribution < 1.29 is 17.9 Å². The van der Waals surface area contributed by atoms with Crippen LogP contribution >= 0.6 is 0 Å². The maximum absolute atomic E-state index is 13.4. The van der Waals surface area contributed by atoms with Crippen molar-refractivity contribution in [2.24, 2.45) is 0 Å². The van der Waals surface area contributed by atoms with Crippen LogP contribution in [0.4, 0.5) is 0 Å². The van der Waals surface area contributed by atoms with Crippen LogP contribution in [0.5, 0.6) is 5.75 Å². The standard InChI is InChI=1S/C26H26N4O4S/c1-17-24-22(26(31)27-15-18-6-4-3-5-7-18)14-23(19-8-10-21(34-2)11-9-19)28-25(24)30(29-17)20-12-13-35(32,33)16-20/h3-11,14,20H,12-13,15-16H2,1-2H3,(H,27,31). The van der Waals surface area contributed by atoms with E-state index in [0.29, 0.717) is 46.7 Å². The van der Waals surface area contributed by atoms with Crippen molar-refractivity contribution in [3.8, 4) is 17.0 Å². The van der Waals surface area contributed by atoms with Crippen LogP contribution in [-0.2, 0) is 16.4 Å². The van der Waals surface area contributed by atoms with E-state index in [1.165, 1.54) is 0 Å². The Kier molecular flexibility index (Phi) is 6.02. The van der Waals surface area contributed by atoms with Gasteiger partial charge < -0.3 is 10.1 Å². The molecule has 0 spiro atoms. The lowest BCUT2D eigenvalue weighted by Gasteiger charge is -2.13. The van der Waals surface area contributed by atoms with Crippen LogP contribution in [0.15, 0.2) is 60.7 Å². The molecule has 0 aliphatic carbocycles. The van der Waals surface area contributed by atoms with Gasteiger partial charge in [-0.05, 0) is 49.2 Å². The first kappa shape index (κ1) is 23.0. The molecule has 180 valence electrons. The molecule has 1 unspecified atom stereocenters. The Hall–Kier alpha value is -3.72. The van der Waals surface area contributed by atoms with Gasteiger partial charge in [-0.15, -0.1) is 0 Å². The number of rotatable bonds is 6. The lowest BCUT2D eigenvalue weighted by atomic mass is 10.0. The van der Waals surface area contributed by atoms with Gasteiger partial charge in [-0.2, -0.15) is 5.10 Å². The van der Waals surface area contributed by atoms with Crippen molar-refractivity contribution in [1.82, 2.24) is 20.1 Å². The Morgan fingerprint density at radius 3 is 2.54 bits per heavy atom. The molecule has 2 aromatic carbocycles. The first-order valence-corrected chi connectivity index (χ1v) is 13.2. The molecule has 35 heavy (non-hydrogen) atoms. The largest absolute Gasteiger partial charge is 0.497 e. The molecule has 1 amide bonds. The van der Waals surface area contributed by atoms with E-state index in [4.69, 9.17) is 9.72 Å². The second-order valence-corrected chi connectivity index (χ2v) is 11.0. The van der Waals surface area contributed by atoms with Gasteiger partial charge in [0, 0.05) is 12.1 Å². The van der Waals surface area contributed by atoms with Gasteiger partial charge in [0.1, 0.15) is 5.75 Å². The zero-order valence-corrected chi connectivity index (χ0v) is 20.4. The molecule has 1 saturated heterocycles. The number of carbonyl (C=O) groups excluding carboxylic acids is 1. The van der Waals surface area contributed by atoms with Gasteiger partial charge in [0.05, 0.1) is 47.0 Å². The zero-order valence-electron chi connectivity index (χ0n) is 19.6. The minimum absolute atomic E-state index is 0.0210. The Bertz CT molecular complexity index is 1500. The number of nitrogens with one attached hydrogen (secondary N) is 1. The summed E-state index contributed by atoms with van der Waals surface area (Å²) in [7, 11) is -1.52. The summed E-state index contributed by atoms with van der Waals surface area (Å²) in [6, 6.07) is 18.6. The van der Waals surface area contributed by atoms with Crippen LogP contribution in [-0.4, -0.2) is 47.7 Å². The molecule has 0 radical (unpaired) electrons. The average Bonchev–Trinajstić information content (AvgIpc) is 3.41. The Morgan fingerprint density at radius 2 is 1.89 bits per heavy atom. The first-order valence-electron chi connectivity index (χ1n) is 11.4. The summed E-state index contributed by atoms with van der Waals surface area (Å²) in [5.74, 6) is 0.624. The number of hydrogen-bond acceptors (Lipinski definition) is 6. The zero-order chi connectivity index (χ0) is 24.6. The number of aromatic nitrogens is 3. The molecule has 1 fully saturated rings. The highest BCUT2D eigenvalue weighted by Gasteiger charge is 2.32. The molecule has 5 rings (SSSR count). The fourth-order valence-corrected chi connectivity index (χ4v) is 6.19. The fourth-order valence-electron chi connectivity index (χ4n) is 4.50. The molecule has 3 heterocycles. The van der Waals surface area contributed by atoms with E-state index in [1.54, 1.807) is 17.9 Å². The van der Waals surface area contributed by atoms with E-state index in [2.05, 4.69) is 10.4 Å². The number of amides is 1. The second-order valence-electron chi connectivity index (χ2n) is 8.74. The van der Waals surface area contributed by atoms with Crippen LogP contribution in [0, 0.1) is 6.92 Å². The lowest BCUT2D eigenvalue weighted by Crippen LogP contribution is -2.23. The number of nitrogens with zero attached hydrogens (tertiary/aromatic N) is 3. The third-order valence-electron chi connectivity index (χ3n) is 6.32. The minimum Gasteiger partial charge on any atom is -0.497 e. The SMILES string of the molecule is COc1ccc(-c2cc(C(=O)NCc3ccccc3)c3c(C)nn(C4CCS(=O)(=O)C4)c3n2)cc1. The van der Waals surface area contributed by atoms with Gasteiger partial charge in [-0.1, -0.05) is 30.3 Å². The van der Waals surface area contributed by atoms with Crippen molar-refractivity contribution in [2.75, 3.05) is 18.6 Å². The number of benzene rings is 2. The minimum atomic E-state index is -3.12. The van der Waals surface area contributed by atoms with Gasteiger partial charge in [0.2, 0.25) is 0 Å². The maximum Gasteiger partial charge on any atom is 0.252 e. The summed E-state index contributed by atoms with van der Waals surface area (Å²) in [4.78, 5) is 18.3. The number of pyridine rings is 1. The van der Waals surface area contributed by atoms with E-state index in [-0.39, 0.29) is 23.5 Å². The number of fused-ring (bicyclic) bond motifs is 1. The Labute approximate surface area is 203 Å². The molecule has 1 N–H and O–H groups in total. The summed E-state index contributed by atoms with van der Waals surface area (Å²) < 4.78 is 31.3. The third-order valence-corrected chi connectivity index (χ3v) is 8.07. The average molecular weight is 491 g/mol. The predicted molar refractivity (Wildman–Crippen MR) is 134 cm³/mol. The Balaban J connectivity index is 1.61. The van der Waals surface area contributed by atoms with Gasteiger partial charge in [0.25, 0.3) is 5.91 Å². The highest BCUT2D eigenvalue weighted by Crippen LogP contribution is 2.32. The molecule has 0 bridgehead atoms. The number of carbonyl (C=O) groups is 1. The van der Waals surface area contributed by atoms with Crippen molar-refractivity contribution >= 4 is 26.8 Å². The predicted octanol–water partition coefficient (Wildman–Crippen LogP) is 3.70. The first-order chi connectivity index (χ1) is 16.8. The maximum atomic E-state index is 13.4. The van der Waals surface area contributed by atoms with Crippen molar-refractivity contribution in [2.45, 2.75) is 25.9 Å². The smallest absolute Gasteiger partial charge is 0.252 e. The third kappa shape index (κ3) is 4.64. The van der Waals surface area contributed by atoms with Gasteiger partial charge in [-0.25, -0.2) is 18.1 Å². The van der Waals surface area contributed by atoms with Crippen molar-refractivity contribution in [1.29, 1.82) is 0 Å². The molecule has 1 atom stereocenters. The number of aryl methyl sites for hydroxylation is 1. The van der Waals surface area contributed by atoms with Crippen LogP contribution in [0.1, 0.15) is 34.1 Å². The molecule has 0 saturated carbocycles. The second kappa shape index (κ2) is 9.14. The Morgan fingerprint density at radius 1 is 1.14 bits per heavy atom. The fraction of sp³-hybridized carbons (Fsp3) is 0.269. The lowest BCUT2D eigenvalue weighted by molar-refractivity contribution is 0.0952. The number of hydrogen-bond donors (Lipinski definition) is 1. The molecule has 2 aromatic heterocycles. The van der Waals surface area contributed by atoms with E-state index in [1.807, 2.05) is 61.5 Å². The van der Waals surface area contributed by atoms with E-state index >= 15 is 0 Å². The van der Waals surface area contributed by atoms with Gasteiger partial charge >= 0.3 is 0 Å². The van der Waals surface area contributed by atoms with Crippen LogP contribution in [0.2, 0.25) is 0 Å². The topological polar surface area (TPSA) is 103 Å². The number of methoxy groups -OCH3 is 1. The van der Waals surface area contributed by atoms with Gasteiger partial charge in [-0.3, -0.25) is 4.79 Å². The molecule has 1 aliphatic rings. The van der Waals surface area contributed by atoms with Crippen LogP contribution < -0.4 is 10.1 Å². The normalized spacial score (nSPS) is 16.9. The molecular weight excluding hydrogens is 464 g/mol. The molecular formula is C26H26N4O4S. The molecule has 8 nitrogen and oxygen atoms in total. The summed E-state index contributed by atoms with van der Waals surface area (Å²) in [5.41, 5.74) is 4.03. The summed E-state index contributed by atoms with van der Waals surface area (Å²) in [5, 5.41) is 8.29. The highest BCUT2D eigenvalue weighted by atomic mass is 32.2. The quantitative estimate of drug-likeness (QED) is 0.442. The number of ether oxygens (including phenoxy) is 1. The van der Waals surface area contributed by atoms with E-state index in [9.17, 15) is 13.2 Å². The summed E-state index contributed by atoms with van der Waals surface area (Å²) in [6.45, 7) is 2.21. The van der Waals surface area contributed by atoms with E-state index < -0.39 is 9.84 Å². The van der Waals surface area contributed by atoms with Crippen LogP contribution in [0.3, 0.4) is 0 Å². The molecule has 9 heteroatoms. The monoisotopic (exact) mass is 490 g/mol. The van der Waals surface area contributed by atoms with Crippen LogP contribution in [0.25, 0.3) is 22.3 Å². The highest BCUT2D eigenvalue weighted by molar-refractivity contribution is 7.91. The van der Waals surface area contributed by atoms with Crippen molar-refractivity contribution in [3.05, 3.63) is 77.5 Å². The van der Waals surface area contributed by atoms with Crippen molar-refractivity contribution in [3.63, 3.8) is 0 Å². The molecule has 1 aliphatic heterocycles. The van der Waals surface area contributed by atoms with Gasteiger partial charge in [0.15, 0.2) is 15.5 Å². The summed E-state index contributed by atoms with van der Waals surface area (Å²) >= 11 is 0.